The number of hydrogen-bond acceptors (Lipinski definition) is 3. The van der Waals surface area contributed by atoms with Crippen molar-refractivity contribution in [2.75, 3.05) is 20.3 Å². The molecule has 0 saturated carbocycles. The van der Waals surface area contributed by atoms with Gasteiger partial charge in [-0.15, -0.1) is 11.3 Å². The molecule has 0 radical (unpaired) electrons. The van der Waals surface area contributed by atoms with Crippen molar-refractivity contribution in [1.29, 1.82) is 0 Å². The number of methoxy groups -OCH3 is 1. The molecule has 0 saturated heterocycles. The van der Waals surface area contributed by atoms with E-state index in [9.17, 15) is 0 Å². The second kappa shape index (κ2) is 6.56. The average Bonchev–Trinajstić information content (AvgIpc) is 2.59. The fourth-order valence-corrected chi connectivity index (χ4v) is 2.99. The van der Waals surface area contributed by atoms with E-state index in [1.165, 1.54) is 9.35 Å². The van der Waals surface area contributed by atoms with Gasteiger partial charge >= 0.3 is 0 Å². The van der Waals surface area contributed by atoms with Crippen molar-refractivity contribution in [3.63, 3.8) is 0 Å². The molecular formula is C10H16BrNOS. The Labute approximate surface area is 97.8 Å². The molecule has 1 heterocycles. The first-order valence-electron chi connectivity index (χ1n) is 4.71. The molecule has 0 bridgehead atoms. The van der Waals surface area contributed by atoms with Crippen LogP contribution in [0.5, 0.6) is 0 Å². The fraction of sp³-hybridized carbons (Fsp3) is 0.600. The minimum Gasteiger partial charge on any atom is -0.385 e. The highest BCUT2D eigenvalue weighted by atomic mass is 79.9. The van der Waals surface area contributed by atoms with Crippen LogP contribution in [0, 0.1) is 0 Å². The normalized spacial score (nSPS) is 13.1. The van der Waals surface area contributed by atoms with E-state index in [-0.39, 0.29) is 0 Å². The average molecular weight is 278 g/mol. The van der Waals surface area contributed by atoms with E-state index in [4.69, 9.17) is 4.74 Å². The monoisotopic (exact) mass is 277 g/mol. The SMILES string of the molecule is COCCCNC(C)c1sccc1Br. The van der Waals surface area contributed by atoms with Crippen LogP contribution >= 0.6 is 27.3 Å². The van der Waals surface area contributed by atoms with Crippen molar-refractivity contribution in [2.45, 2.75) is 19.4 Å². The highest BCUT2D eigenvalue weighted by Crippen LogP contribution is 2.28. The van der Waals surface area contributed by atoms with E-state index in [2.05, 4.69) is 39.6 Å². The van der Waals surface area contributed by atoms with Crippen LogP contribution in [-0.2, 0) is 4.74 Å². The lowest BCUT2D eigenvalue weighted by atomic mass is 10.2. The van der Waals surface area contributed by atoms with Crippen molar-refractivity contribution in [1.82, 2.24) is 5.32 Å². The Morgan fingerprint density at radius 2 is 2.43 bits per heavy atom. The molecule has 4 heteroatoms. The van der Waals surface area contributed by atoms with E-state index in [0.29, 0.717) is 6.04 Å². The van der Waals surface area contributed by atoms with Crippen molar-refractivity contribution in [3.8, 4) is 0 Å². The molecule has 1 N–H and O–H groups in total. The summed E-state index contributed by atoms with van der Waals surface area (Å²) >= 11 is 5.32. The summed E-state index contributed by atoms with van der Waals surface area (Å²) in [5.74, 6) is 0. The Morgan fingerprint density at radius 3 is 3.00 bits per heavy atom. The molecular weight excluding hydrogens is 262 g/mol. The zero-order chi connectivity index (χ0) is 10.4. The van der Waals surface area contributed by atoms with E-state index in [1.807, 2.05) is 0 Å². The smallest absolute Gasteiger partial charge is 0.0474 e. The van der Waals surface area contributed by atoms with Gasteiger partial charge in [-0.05, 0) is 47.3 Å². The van der Waals surface area contributed by atoms with Gasteiger partial charge in [0.05, 0.1) is 0 Å². The number of rotatable bonds is 6. The summed E-state index contributed by atoms with van der Waals surface area (Å²) in [5, 5.41) is 5.56. The quantitative estimate of drug-likeness (QED) is 0.807. The molecule has 0 aliphatic carbocycles. The molecule has 0 spiro atoms. The van der Waals surface area contributed by atoms with Gasteiger partial charge in [-0.1, -0.05) is 0 Å². The van der Waals surface area contributed by atoms with Gasteiger partial charge in [0.15, 0.2) is 0 Å². The van der Waals surface area contributed by atoms with Crippen LogP contribution in [0.1, 0.15) is 24.3 Å². The van der Waals surface area contributed by atoms with Crippen LogP contribution in [0.2, 0.25) is 0 Å². The Hall–Kier alpha value is 0.100. The minimum absolute atomic E-state index is 0.418. The number of thiophene rings is 1. The van der Waals surface area contributed by atoms with Gasteiger partial charge in [0.25, 0.3) is 0 Å². The summed E-state index contributed by atoms with van der Waals surface area (Å²) in [5.41, 5.74) is 0. The lowest BCUT2D eigenvalue weighted by Crippen LogP contribution is -2.20. The van der Waals surface area contributed by atoms with Gasteiger partial charge in [0, 0.05) is 29.1 Å². The zero-order valence-corrected chi connectivity index (χ0v) is 11.0. The van der Waals surface area contributed by atoms with Crippen LogP contribution in [-0.4, -0.2) is 20.3 Å². The maximum absolute atomic E-state index is 4.99. The molecule has 0 aliphatic heterocycles. The van der Waals surface area contributed by atoms with Gasteiger partial charge in [0.1, 0.15) is 0 Å². The third-order valence-corrected chi connectivity index (χ3v) is 4.07. The number of ether oxygens (including phenoxy) is 1. The Kier molecular flexibility index (Phi) is 5.70. The van der Waals surface area contributed by atoms with E-state index in [1.54, 1.807) is 18.4 Å². The highest BCUT2D eigenvalue weighted by molar-refractivity contribution is 9.10. The topological polar surface area (TPSA) is 21.3 Å². The van der Waals surface area contributed by atoms with Gasteiger partial charge in [-0.2, -0.15) is 0 Å². The molecule has 2 nitrogen and oxygen atoms in total. The second-order valence-corrected chi connectivity index (χ2v) is 4.96. The Bertz CT molecular complexity index is 264. The van der Waals surface area contributed by atoms with Crippen molar-refractivity contribution >= 4 is 27.3 Å². The first kappa shape index (κ1) is 12.2. The Morgan fingerprint density at radius 1 is 1.64 bits per heavy atom. The predicted octanol–water partition coefficient (Wildman–Crippen LogP) is 3.20. The van der Waals surface area contributed by atoms with Crippen LogP contribution < -0.4 is 5.32 Å². The van der Waals surface area contributed by atoms with Gasteiger partial charge in [-0.3, -0.25) is 0 Å². The molecule has 1 atom stereocenters. The fourth-order valence-electron chi connectivity index (χ4n) is 1.24. The Balaban J connectivity index is 2.28. The molecule has 0 amide bonds. The molecule has 1 aromatic rings. The van der Waals surface area contributed by atoms with Crippen molar-refractivity contribution < 1.29 is 4.74 Å². The summed E-state index contributed by atoms with van der Waals surface area (Å²) in [4.78, 5) is 1.36. The molecule has 0 aliphatic rings. The maximum atomic E-state index is 4.99. The first-order valence-corrected chi connectivity index (χ1v) is 6.38. The van der Waals surface area contributed by atoms with Crippen molar-refractivity contribution in [3.05, 3.63) is 20.8 Å². The molecule has 1 unspecified atom stereocenters. The number of halogens is 1. The summed E-state index contributed by atoms with van der Waals surface area (Å²) < 4.78 is 6.19. The zero-order valence-electron chi connectivity index (χ0n) is 8.55. The summed E-state index contributed by atoms with van der Waals surface area (Å²) in [6, 6.07) is 2.51. The summed E-state index contributed by atoms with van der Waals surface area (Å²) in [7, 11) is 1.74. The number of hydrogen-bond donors (Lipinski definition) is 1. The highest BCUT2D eigenvalue weighted by Gasteiger charge is 2.09. The van der Waals surface area contributed by atoms with E-state index < -0.39 is 0 Å². The molecule has 0 aromatic carbocycles. The second-order valence-electron chi connectivity index (χ2n) is 3.15. The third kappa shape index (κ3) is 3.69. The van der Waals surface area contributed by atoms with Crippen LogP contribution in [0.3, 0.4) is 0 Å². The lowest BCUT2D eigenvalue weighted by Gasteiger charge is -2.12. The lowest BCUT2D eigenvalue weighted by molar-refractivity contribution is 0.193. The van der Waals surface area contributed by atoms with Crippen molar-refractivity contribution in [2.24, 2.45) is 0 Å². The molecule has 1 aromatic heterocycles. The minimum atomic E-state index is 0.418. The maximum Gasteiger partial charge on any atom is 0.0474 e. The summed E-state index contributed by atoms with van der Waals surface area (Å²) in [6.45, 7) is 4.01. The standard InChI is InChI=1S/C10H16BrNOS/c1-8(12-5-3-6-13-2)10-9(11)4-7-14-10/h4,7-8,12H,3,5-6H2,1-2H3. The van der Waals surface area contributed by atoms with Gasteiger partial charge in [0.2, 0.25) is 0 Å². The van der Waals surface area contributed by atoms with E-state index >= 15 is 0 Å². The third-order valence-electron chi connectivity index (χ3n) is 2.01. The molecule has 0 fully saturated rings. The van der Waals surface area contributed by atoms with Gasteiger partial charge in [-0.25, -0.2) is 0 Å². The van der Waals surface area contributed by atoms with Crippen LogP contribution in [0.15, 0.2) is 15.9 Å². The van der Waals surface area contributed by atoms with Gasteiger partial charge < -0.3 is 10.1 Å². The van der Waals surface area contributed by atoms with Crippen LogP contribution in [0.4, 0.5) is 0 Å². The first-order chi connectivity index (χ1) is 6.75. The largest absolute Gasteiger partial charge is 0.385 e. The van der Waals surface area contributed by atoms with Crippen LogP contribution in [0.25, 0.3) is 0 Å². The molecule has 80 valence electrons. The predicted molar refractivity (Wildman–Crippen MR) is 64.9 cm³/mol. The van der Waals surface area contributed by atoms with E-state index in [0.717, 1.165) is 19.6 Å². The number of nitrogens with one attached hydrogen (secondary N) is 1. The summed E-state index contributed by atoms with van der Waals surface area (Å²) in [6.07, 6.45) is 1.06. The molecule has 1 rings (SSSR count). The molecule has 14 heavy (non-hydrogen) atoms.